The molecule has 2 N–H and O–H groups in total. The Morgan fingerprint density at radius 2 is 1.03 bits per heavy atom. The van der Waals surface area contributed by atoms with E-state index in [9.17, 15) is 10.2 Å². The average molecular weight is 664 g/mol. The van der Waals surface area contributed by atoms with Crippen LogP contribution in [0, 0.1) is 0 Å². The van der Waals surface area contributed by atoms with Crippen molar-refractivity contribution in [3.63, 3.8) is 0 Å². The van der Waals surface area contributed by atoms with Crippen molar-refractivity contribution >= 4 is 72.2 Å². The fourth-order valence-corrected chi connectivity index (χ4v) is 3.08. The van der Waals surface area contributed by atoms with Gasteiger partial charge in [-0.25, -0.2) is 0 Å². The molecule has 164 valence electrons. The normalized spacial score (nSPS) is 12.9. The minimum absolute atomic E-state index is 0. The lowest BCUT2D eigenvalue weighted by molar-refractivity contribution is 0.128. The number of alkyl halides is 2. The first kappa shape index (κ1) is 29.1. The summed E-state index contributed by atoms with van der Waals surface area (Å²) in [5, 5.41) is 19.2. The largest absolute Gasteiger partial charge is 0.491 e. The van der Waals surface area contributed by atoms with E-state index in [0.29, 0.717) is 22.1 Å². The van der Waals surface area contributed by atoms with Crippen LogP contribution >= 0.6 is 72.2 Å². The van der Waals surface area contributed by atoms with Gasteiger partial charge in [0.15, 0.2) is 0 Å². The molecule has 0 aliphatic carbocycles. The molecular formula is C21H30I2O4S2. The molecule has 8 heteroatoms. The van der Waals surface area contributed by atoms with Gasteiger partial charge in [-0.1, -0.05) is 83.3 Å². The molecule has 0 bridgehead atoms. The molecule has 2 atom stereocenters. The zero-order chi connectivity index (χ0) is 19.9. The summed E-state index contributed by atoms with van der Waals surface area (Å²) in [6.45, 7) is 4.97. The predicted molar refractivity (Wildman–Crippen MR) is 147 cm³/mol. The van der Waals surface area contributed by atoms with Gasteiger partial charge in [0.05, 0.1) is 12.2 Å². The van der Waals surface area contributed by atoms with E-state index in [0.717, 1.165) is 11.5 Å². The number of ether oxygens (including phenoxy) is 2. The van der Waals surface area contributed by atoms with Crippen LogP contribution in [-0.4, -0.2) is 44.5 Å². The van der Waals surface area contributed by atoms with Crippen LogP contribution in [-0.2, 0) is 5.41 Å². The van der Waals surface area contributed by atoms with Crippen molar-refractivity contribution in [2.45, 2.75) is 31.5 Å². The summed E-state index contributed by atoms with van der Waals surface area (Å²) in [5.74, 6) is 1.52. The van der Waals surface area contributed by atoms with Gasteiger partial charge in [0.2, 0.25) is 0 Å². The number of rotatable bonds is 10. The SMILES string of the molecule is CC(C)(c1ccc(OCC(O)CI)cc1)c1ccc(OCC(O)CI)cc1.S.S. The standard InChI is InChI=1S/C21H26I2O4.2H2S/c1-21(2,15-3-7-19(8-4-15)26-13-17(24)11-22)16-5-9-20(10-6-16)27-14-18(25)12-23;;/h3-10,17-18,24-25H,11-14H2,1-2H3;2*1H2. The third kappa shape index (κ3) is 9.02. The van der Waals surface area contributed by atoms with E-state index in [1.165, 1.54) is 11.1 Å². The maximum Gasteiger partial charge on any atom is 0.119 e. The first-order valence-corrected chi connectivity index (χ1v) is 11.9. The van der Waals surface area contributed by atoms with E-state index in [2.05, 4.69) is 83.3 Å². The van der Waals surface area contributed by atoms with Crippen LogP contribution in [0.25, 0.3) is 0 Å². The zero-order valence-electron chi connectivity index (χ0n) is 16.6. The van der Waals surface area contributed by atoms with Crippen molar-refractivity contribution in [3.05, 3.63) is 59.7 Å². The fourth-order valence-electron chi connectivity index (χ4n) is 2.58. The van der Waals surface area contributed by atoms with Gasteiger partial charge in [0.1, 0.15) is 24.7 Å². The molecule has 0 aromatic heterocycles. The highest BCUT2D eigenvalue weighted by atomic mass is 127. The molecule has 0 amide bonds. The Morgan fingerprint density at radius 3 is 1.31 bits per heavy atom. The third-order valence-corrected chi connectivity index (χ3v) is 6.43. The van der Waals surface area contributed by atoms with Crippen LogP contribution in [0.2, 0.25) is 0 Å². The van der Waals surface area contributed by atoms with E-state index in [1.807, 2.05) is 24.3 Å². The van der Waals surface area contributed by atoms with E-state index in [4.69, 9.17) is 9.47 Å². The number of benzene rings is 2. The lowest BCUT2D eigenvalue weighted by Crippen LogP contribution is -2.20. The van der Waals surface area contributed by atoms with Crippen LogP contribution < -0.4 is 9.47 Å². The molecule has 29 heavy (non-hydrogen) atoms. The van der Waals surface area contributed by atoms with Gasteiger partial charge in [-0.15, -0.1) is 0 Å². The second kappa shape index (κ2) is 14.2. The quantitative estimate of drug-likeness (QED) is 0.289. The minimum Gasteiger partial charge on any atom is -0.491 e. The number of aliphatic hydroxyl groups excluding tert-OH is 2. The Kier molecular flexibility index (Phi) is 14.3. The van der Waals surface area contributed by atoms with Crippen molar-refractivity contribution in [2.24, 2.45) is 0 Å². The molecular weight excluding hydrogens is 634 g/mol. The van der Waals surface area contributed by atoms with Gasteiger partial charge >= 0.3 is 0 Å². The first-order chi connectivity index (χ1) is 12.9. The number of hydrogen-bond acceptors (Lipinski definition) is 4. The molecule has 2 unspecified atom stereocenters. The zero-order valence-corrected chi connectivity index (χ0v) is 22.9. The molecule has 2 aromatic carbocycles. The van der Waals surface area contributed by atoms with E-state index < -0.39 is 12.2 Å². The Hall–Kier alpha value is 0.120. The Morgan fingerprint density at radius 1 is 0.724 bits per heavy atom. The minimum atomic E-state index is -0.444. The molecule has 0 spiro atoms. The van der Waals surface area contributed by atoms with Gasteiger partial charge in [-0.05, 0) is 35.4 Å². The smallest absolute Gasteiger partial charge is 0.119 e. The predicted octanol–water partition coefficient (Wildman–Crippen LogP) is 4.59. The van der Waals surface area contributed by atoms with Crippen molar-refractivity contribution in [1.82, 2.24) is 0 Å². The average Bonchev–Trinajstić information content (AvgIpc) is 2.70. The summed E-state index contributed by atoms with van der Waals surface area (Å²) >= 11 is 4.28. The molecule has 0 fully saturated rings. The van der Waals surface area contributed by atoms with Crippen LogP contribution in [0.1, 0.15) is 25.0 Å². The highest BCUT2D eigenvalue weighted by molar-refractivity contribution is 14.1. The third-order valence-electron chi connectivity index (χ3n) is 4.39. The molecule has 0 radical (unpaired) electrons. The Balaban J connectivity index is 0.00000392. The molecule has 0 aliphatic heterocycles. The maximum atomic E-state index is 9.60. The van der Waals surface area contributed by atoms with Crippen molar-refractivity contribution in [3.8, 4) is 11.5 Å². The summed E-state index contributed by atoms with van der Waals surface area (Å²) < 4.78 is 12.5. The van der Waals surface area contributed by atoms with Gasteiger partial charge in [-0.2, -0.15) is 27.0 Å². The van der Waals surface area contributed by atoms with E-state index in [1.54, 1.807) is 0 Å². The van der Waals surface area contributed by atoms with Gasteiger partial charge in [-0.3, -0.25) is 0 Å². The topological polar surface area (TPSA) is 58.9 Å². The summed E-state index contributed by atoms with van der Waals surface area (Å²) in [7, 11) is 0. The monoisotopic (exact) mass is 664 g/mol. The van der Waals surface area contributed by atoms with Gasteiger partial charge in [0.25, 0.3) is 0 Å². The summed E-state index contributed by atoms with van der Waals surface area (Å²) in [6, 6.07) is 16.0. The van der Waals surface area contributed by atoms with E-state index >= 15 is 0 Å². The number of hydrogen-bond donors (Lipinski definition) is 2. The number of aliphatic hydroxyl groups is 2. The lowest BCUT2D eigenvalue weighted by Gasteiger charge is -2.26. The highest BCUT2D eigenvalue weighted by Crippen LogP contribution is 2.33. The molecule has 2 rings (SSSR count). The Labute approximate surface area is 214 Å². The fraction of sp³-hybridized carbons (Fsp3) is 0.429. The maximum absolute atomic E-state index is 9.60. The van der Waals surface area contributed by atoms with Gasteiger partial charge < -0.3 is 19.7 Å². The first-order valence-electron chi connectivity index (χ1n) is 8.81. The number of halogens is 2. The van der Waals surface area contributed by atoms with E-state index in [-0.39, 0.29) is 32.4 Å². The Bertz CT molecular complexity index is 637. The molecule has 0 saturated heterocycles. The molecule has 0 heterocycles. The molecule has 4 nitrogen and oxygen atoms in total. The van der Waals surface area contributed by atoms with Crippen molar-refractivity contribution in [2.75, 3.05) is 22.1 Å². The molecule has 0 saturated carbocycles. The lowest BCUT2D eigenvalue weighted by atomic mass is 9.78. The van der Waals surface area contributed by atoms with Gasteiger partial charge in [0, 0.05) is 14.3 Å². The summed E-state index contributed by atoms with van der Waals surface area (Å²) in [6.07, 6.45) is -0.888. The molecule has 0 aliphatic rings. The highest BCUT2D eigenvalue weighted by Gasteiger charge is 2.23. The van der Waals surface area contributed by atoms with Crippen LogP contribution in [0.5, 0.6) is 11.5 Å². The van der Waals surface area contributed by atoms with Crippen LogP contribution in [0.15, 0.2) is 48.5 Å². The summed E-state index contributed by atoms with van der Waals surface area (Å²) in [4.78, 5) is 0. The summed E-state index contributed by atoms with van der Waals surface area (Å²) in [5.41, 5.74) is 2.19. The van der Waals surface area contributed by atoms with Crippen LogP contribution in [0.3, 0.4) is 0 Å². The van der Waals surface area contributed by atoms with Crippen molar-refractivity contribution in [1.29, 1.82) is 0 Å². The van der Waals surface area contributed by atoms with Crippen molar-refractivity contribution < 1.29 is 19.7 Å². The second-order valence-electron chi connectivity index (χ2n) is 6.91. The second-order valence-corrected chi connectivity index (χ2v) is 8.67. The molecule has 2 aromatic rings. The van der Waals surface area contributed by atoms with Crippen LogP contribution in [0.4, 0.5) is 0 Å².